The van der Waals surface area contributed by atoms with Gasteiger partial charge in [0, 0.05) is 18.7 Å². The van der Waals surface area contributed by atoms with Crippen molar-refractivity contribution < 1.29 is 14.8 Å². The number of hydrogen-bond acceptors (Lipinski definition) is 4. The van der Waals surface area contributed by atoms with E-state index < -0.39 is 0 Å². The SMILES string of the molecule is COc1ccc(CNc2cc3c4c(c2O)[NH+]=CC=4CCN=3)cc1. The summed E-state index contributed by atoms with van der Waals surface area (Å²) in [6.45, 7) is 1.42. The third-order valence-electron chi connectivity index (χ3n) is 4.30. The fourth-order valence-electron chi connectivity index (χ4n) is 3.05. The summed E-state index contributed by atoms with van der Waals surface area (Å²) in [7, 11) is 1.65. The number of ether oxygens (including phenoxy) is 1. The first-order valence-electron chi connectivity index (χ1n) is 7.66. The Morgan fingerprint density at radius 1 is 1.30 bits per heavy atom. The molecule has 2 heterocycles. The standard InChI is InChI=1S/C18H17N3O2/c1-23-13-4-2-11(3-5-13)9-20-15-8-14-16-12(6-7-19-14)10-21-17(16)18(15)22/h2-5,8,10,20,22H,6-7,9H2,1H3/p+1. The molecule has 0 saturated carbocycles. The lowest BCUT2D eigenvalue weighted by Crippen LogP contribution is -2.61. The van der Waals surface area contributed by atoms with Gasteiger partial charge >= 0.3 is 0 Å². The number of aromatic hydroxyl groups is 1. The van der Waals surface area contributed by atoms with Crippen molar-refractivity contribution in [1.29, 1.82) is 0 Å². The summed E-state index contributed by atoms with van der Waals surface area (Å²) >= 11 is 0. The van der Waals surface area contributed by atoms with Gasteiger partial charge in [-0.25, -0.2) is 4.99 Å². The summed E-state index contributed by atoms with van der Waals surface area (Å²) in [5.74, 6) is 1.08. The Balaban J connectivity index is 1.65. The van der Waals surface area contributed by atoms with Crippen LogP contribution in [0.25, 0.3) is 5.57 Å². The molecule has 0 spiro atoms. The fourth-order valence-corrected chi connectivity index (χ4v) is 3.05. The Morgan fingerprint density at radius 2 is 2.13 bits per heavy atom. The number of phenolic OH excluding ortho intramolecular Hbond substituents is 1. The zero-order chi connectivity index (χ0) is 15.8. The van der Waals surface area contributed by atoms with Crippen molar-refractivity contribution in [3.63, 3.8) is 0 Å². The van der Waals surface area contributed by atoms with E-state index in [1.165, 1.54) is 5.57 Å². The molecule has 2 aromatic carbocycles. The average Bonchev–Trinajstić information content (AvgIpc) is 3.03. The Labute approximate surface area is 133 Å². The predicted octanol–water partition coefficient (Wildman–Crippen LogP) is -0.0166. The molecule has 0 atom stereocenters. The number of benzene rings is 2. The van der Waals surface area contributed by atoms with E-state index in [4.69, 9.17) is 4.74 Å². The number of methoxy groups -OCH3 is 1. The molecule has 0 bridgehead atoms. The number of anilines is 1. The smallest absolute Gasteiger partial charge is 0.257 e. The highest BCUT2D eigenvalue weighted by Crippen LogP contribution is 2.27. The van der Waals surface area contributed by atoms with Crippen molar-refractivity contribution in [2.24, 2.45) is 4.99 Å². The Bertz CT molecular complexity index is 915. The van der Waals surface area contributed by atoms with Gasteiger partial charge in [0.2, 0.25) is 5.75 Å². The van der Waals surface area contributed by atoms with Crippen LogP contribution >= 0.6 is 0 Å². The van der Waals surface area contributed by atoms with Crippen LogP contribution in [0.3, 0.4) is 0 Å². The Morgan fingerprint density at radius 3 is 2.91 bits per heavy atom. The van der Waals surface area contributed by atoms with Crippen LogP contribution in [0.1, 0.15) is 12.0 Å². The second-order valence-corrected chi connectivity index (χ2v) is 5.69. The molecule has 0 aliphatic carbocycles. The summed E-state index contributed by atoms with van der Waals surface area (Å²) in [6, 6.07) is 9.79. The zero-order valence-electron chi connectivity index (χ0n) is 12.9. The van der Waals surface area contributed by atoms with Gasteiger partial charge in [-0.2, -0.15) is 0 Å². The molecule has 4 rings (SSSR count). The van der Waals surface area contributed by atoms with Crippen LogP contribution < -0.4 is 25.6 Å². The molecule has 5 nitrogen and oxygen atoms in total. The van der Waals surface area contributed by atoms with E-state index in [0.717, 1.165) is 40.5 Å². The number of nitrogens with zero attached hydrogens (tertiary/aromatic N) is 1. The van der Waals surface area contributed by atoms with Gasteiger partial charge in [0.15, 0.2) is 6.21 Å². The number of hydrogen-bond donors (Lipinski definition) is 3. The average molecular weight is 308 g/mol. The van der Waals surface area contributed by atoms with Gasteiger partial charge in [0.05, 0.1) is 23.4 Å². The van der Waals surface area contributed by atoms with Crippen molar-refractivity contribution >= 4 is 23.2 Å². The first-order chi connectivity index (χ1) is 11.3. The number of rotatable bonds is 4. The minimum atomic E-state index is 0.251. The van der Waals surface area contributed by atoms with Crippen LogP contribution in [0.4, 0.5) is 11.4 Å². The van der Waals surface area contributed by atoms with Crippen molar-refractivity contribution in [3.05, 3.63) is 46.5 Å². The van der Waals surface area contributed by atoms with E-state index in [1.807, 2.05) is 36.5 Å². The summed E-state index contributed by atoms with van der Waals surface area (Å²) in [4.78, 5) is 7.75. The maximum atomic E-state index is 10.5. The molecule has 0 aromatic heterocycles. The second-order valence-electron chi connectivity index (χ2n) is 5.69. The number of nitrogens with one attached hydrogen (secondary N) is 2. The summed E-state index contributed by atoms with van der Waals surface area (Å²) in [5.41, 5.74) is 3.80. The number of phenols is 1. The third-order valence-corrected chi connectivity index (χ3v) is 4.30. The Hall–Kier alpha value is -2.82. The molecule has 5 heteroatoms. The Kier molecular flexibility index (Phi) is 3.26. The minimum Gasteiger partial charge on any atom is -0.501 e. The lowest BCUT2D eigenvalue weighted by atomic mass is 10.1. The molecular formula is C18H18N3O2+. The fraction of sp³-hybridized carbons (Fsp3) is 0.222. The molecule has 0 amide bonds. The molecular weight excluding hydrogens is 290 g/mol. The van der Waals surface area contributed by atoms with Crippen molar-refractivity contribution in [2.75, 3.05) is 19.0 Å². The van der Waals surface area contributed by atoms with Gasteiger partial charge < -0.3 is 15.2 Å². The van der Waals surface area contributed by atoms with Gasteiger partial charge in [-0.3, -0.25) is 4.99 Å². The van der Waals surface area contributed by atoms with Crippen molar-refractivity contribution in [2.45, 2.75) is 13.0 Å². The normalized spacial score (nSPS) is 14.4. The van der Waals surface area contributed by atoms with Crippen LogP contribution in [0.2, 0.25) is 0 Å². The molecule has 0 fully saturated rings. The van der Waals surface area contributed by atoms with Crippen LogP contribution in [-0.2, 0) is 6.54 Å². The van der Waals surface area contributed by atoms with E-state index >= 15 is 0 Å². The molecule has 0 radical (unpaired) electrons. The van der Waals surface area contributed by atoms with Gasteiger partial charge in [0.1, 0.15) is 5.75 Å². The molecule has 23 heavy (non-hydrogen) atoms. The van der Waals surface area contributed by atoms with E-state index in [0.29, 0.717) is 12.2 Å². The molecule has 2 aromatic rings. The van der Waals surface area contributed by atoms with E-state index in [-0.39, 0.29) is 5.75 Å². The van der Waals surface area contributed by atoms with Crippen LogP contribution in [0.5, 0.6) is 11.5 Å². The van der Waals surface area contributed by atoms with Gasteiger partial charge in [-0.15, -0.1) is 0 Å². The summed E-state index contributed by atoms with van der Waals surface area (Å²) in [6.07, 6.45) is 2.89. The van der Waals surface area contributed by atoms with Crippen LogP contribution in [0.15, 0.2) is 35.3 Å². The zero-order valence-corrected chi connectivity index (χ0v) is 12.9. The van der Waals surface area contributed by atoms with E-state index in [9.17, 15) is 5.11 Å². The topological polar surface area (TPSA) is 67.8 Å². The quantitative estimate of drug-likeness (QED) is 0.696. The second kappa shape index (κ2) is 5.43. The van der Waals surface area contributed by atoms with Crippen molar-refractivity contribution in [3.8, 4) is 11.5 Å². The highest BCUT2D eigenvalue weighted by molar-refractivity contribution is 6.02. The van der Waals surface area contributed by atoms with Gasteiger partial charge in [-0.05, 0) is 30.2 Å². The molecule has 0 unspecified atom stereocenters. The third kappa shape index (κ3) is 2.34. The molecule has 2 aliphatic heterocycles. The maximum absolute atomic E-state index is 10.5. The van der Waals surface area contributed by atoms with Crippen LogP contribution in [-0.4, -0.2) is 25.0 Å². The molecule has 116 valence electrons. The first kappa shape index (κ1) is 13.8. The van der Waals surface area contributed by atoms with Gasteiger partial charge in [0.25, 0.3) is 5.69 Å². The molecule has 2 aliphatic rings. The predicted molar refractivity (Wildman–Crippen MR) is 88.8 cm³/mol. The molecule has 3 N–H and O–H groups in total. The highest BCUT2D eigenvalue weighted by Gasteiger charge is 2.24. The van der Waals surface area contributed by atoms with E-state index in [2.05, 4.69) is 15.3 Å². The summed E-state index contributed by atoms with van der Waals surface area (Å²) in [5, 5.41) is 15.8. The van der Waals surface area contributed by atoms with E-state index in [1.54, 1.807) is 7.11 Å². The summed E-state index contributed by atoms with van der Waals surface area (Å²) < 4.78 is 5.16. The van der Waals surface area contributed by atoms with Crippen LogP contribution in [0, 0.1) is 0 Å². The largest absolute Gasteiger partial charge is 0.501 e. The van der Waals surface area contributed by atoms with Crippen molar-refractivity contribution in [1.82, 2.24) is 0 Å². The lowest BCUT2D eigenvalue weighted by Gasteiger charge is -2.10. The lowest BCUT2D eigenvalue weighted by molar-refractivity contribution is -0.345. The van der Waals surface area contributed by atoms with Gasteiger partial charge in [-0.1, -0.05) is 12.1 Å². The molecule has 0 saturated heterocycles. The first-order valence-corrected chi connectivity index (χ1v) is 7.66. The minimum absolute atomic E-state index is 0.251. The maximum Gasteiger partial charge on any atom is 0.257 e. The highest BCUT2D eigenvalue weighted by atomic mass is 16.5. The monoisotopic (exact) mass is 308 g/mol.